The first-order chi connectivity index (χ1) is 10.5. The minimum absolute atomic E-state index is 0.344. The maximum Gasteiger partial charge on any atom is 0.329 e. The van der Waals surface area contributed by atoms with Crippen molar-refractivity contribution >= 4 is 17.6 Å². The predicted octanol–water partition coefficient (Wildman–Crippen LogP) is 4.01. The molecule has 1 atom stereocenters. The van der Waals surface area contributed by atoms with Crippen molar-refractivity contribution in [1.29, 1.82) is 0 Å². The summed E-state index contributed by atoms with van der Waals surface area (Å²) in [6.07, 6.45) is 4.12. The molecule has 1 heterocycles. The van der Waals surface area contributed by atoms with Gasteiger partial charge >= 0.3 is 5.97 Å². The molecule has 4 nitrogen and oxygen atoms in total. The van der Waals surface area contributed by atoms with E-state index in [4.69, 9.17) is 16.3 Å². The topological polar surface area (TPSA) is 52.1 Å². The van der Waals surface area contributed by atoms with E-state index in [0.29, 0.717) is 23.9 Å². The Labute approximate surface area is 135 Å². The largest absolute Gasteiger partial charge is 0.425 e. The van der Waals surface area contributed by atoms with E-state index in [-0.39, 0.29) is 0 Å². The van der Waals surface area contributed by atoms with Crippen LogP contribution < -0.4 is 4.74 Å². The van der Waals surface area contributed by atoms with E-state index in [1.165, 1.54) is 0 Å². The zero-order valence-corrected chi connectivity index (χ0v) is 13.7. The second-order valence-electron chi connectivity index (χ2n) is 5.63. The standard InChI is InChI=1S/C17H19ClN2O2/c1-11(2)8-15(18)17(21)22-14-6-4-13(5-7-14)16-19-9-12(3)10-20-16/h4-7,9-11,15H,8H2,1-3H3/t15-/m0/s1. The highest BCUT2D eigenvalue weighted by Crippen LogP contribution is 2.21. The number of halogens is 1. The van der Waals surface area contributed by atoms with Crippen LogP contribution in [-0.4, -0.2) is 21.3 Å². The lowest BCUT2D eigenvalue weighted by Gasteiger charge is -2.11. The van der Waals surface area contributed by atoms with E-state index >= 15 is 0 Å². The minimum Gasteiger partial charge on any atom is -0.425 e. The molecule has 0 aliphatic rings. The Morgan fingerprint density at radius 3 is 2.32 bits per heavy atom. The van der Waals surface area contributed by atoms with Crippen LogP contribution in [0.25, 0.3) is 11.4 Å². The molecule has 22 heavy (non-hydrogen) atoms. The lowest BCUT2D eigenvalue weighted by molar-refractivity contribution is -0.134. The summed E-state index contributed by atoms with van der Waals surface area (Å²) in [7, 11) is 0. The van der Waals surface area contributed by atoms with Crippen molar-refractivity contribution in [3.63, 3.8) is 0 Å². The summed E-state index contributed by atoms with van der Waals surface area (Å²) >= 11 is 6.02. The predicted molar refractivity (Wildman–Crippen MR) is 86.9 cm³/mol. The van der Waals surface area contributed by atoms with Crippen molar-refractivity contribution in [2.24, 2.45) is 5.92 Å². The van der Waals surface area contributed by atoms with Crippen LogP contribution in [0.15, 0.2) is 36.7 Å². The molecule has 0 radical (unpaired) electrons. The quantitative estimate of drug-likeness (QED) is 0.475. The summed E-state index contributed by atoms with van der Waals surface area (Å²) < 4.78 is 5.28. The highest BCUT2D eigenvalue weighted by molar-refractivity contribution is 6.30. The number of hydrogen-bond donors (Lipinski definition) is 0. The van der Waals surface area contributed by atoms with Crippen LogP contribution in [0.2, 0.25) is 0 Å². The van der Waals surface area contributed by atoms with E-state index in [9.17, 15) is 4.79 Å². The third-order valence-corrected chi connectivity index (χ3v) is 3.40. The molecular weight excluding hydrogens is 300 g/mol. The normalized spacial score (nSPS) is 12.2. The molecule has 1 aromatic heterocycles. The third-order valence-electron chi connectivity index (χ3n) is 3.05. The summed E-state index contributed by atoms with van der Waals surface area (Å²) in [5.41, 5.74) is 1.87. The number of alkyl halides is 1. The van der Waals surface area contributed by atoms with Gasteiger partial charge in [0.2, 0.25) is 0 Å². The van der Waals surface area contributed by atoms with E-state index in [1.807, 2.05) is 32.9 Å². The molecule has 0 unspecified atom stereocenters. The van der Waals surface area contributed by atoms with Crippen LogP contribution in [0.1, 0.15) is 25.8 Å². The number of nitrogens with zero attached hydrogens (tertiary/aromatic N) is 2. The Morgan fingerprint density at radius 2 is 1.77 bits per heavy atom. The number of carbonyl (C=O) groups is 1. The minimum atomic E-state index is -0.625. The second kappa shape index (κ2) is 7.36. The van der Waals surface area contributed by atoms with Crippen LogP contribution >= 0.6 is 11.6 Å². The highest BCUT2D eigenvalue weighted by atomic mass is 35.5. The molecule has 0 amide bonds. The first-order valence-electron chi connectivity index (χ1n) is 7.20. The van der Waals surface area contributed by atoms with E-state index in [0.717, 1.165) is 11.1 Å². The zero-order valence-electron chi connectivity index (χ0n) is 12.9. The first kappa shape index (κ1) is 16.4. The van der Waals surface area contributed by atoms with Gasteiger partial charge in [-0.2, -0.15) is 0 Å². The van der Waals surface area contributed by atoms with E-state index in [1.54, 1.807) is 24.5 Å². The zero-order chi connectivity index (χ0) is 16.1. The Balaban J connectivity index is 2.03. The number of hydrogen-bond acceptors (Lipinski definition) is 4. The van der Waals surface area contributed by atoms with E-state index < -0.39 is 11.3 Å². The van der Waals surface area contributed by atoms with Gasteiger partial charge in [-0.05, 0) is 49.1 Å². The molecular formula is C17H19ClN2O2. The second-order valence-corrected chi connectivity index (χ2v) is 6.15. The average molecular weight is 319 g/mol. The van der Waals surface area contributed by atoms with Crippen LogP contribution in [-0.2, 0) is 4.79 Å². The van der Waals surface area contributed by atoms with Gasteiger partial charge < -0.3 is 4.74 Å². The molecule has 0 fully saturated rings. The monoisotopic (exact) mass is 318 g/mol. The van der Waals surface area contributed by atoms with Gasteiger partial charge in [0.1, 0.15) is 11.1 Å². The molecule has 0 aliphatic heterocycles. The maximum atomic E-state index is 11.9. The van der Waals surface area contributed by atoms with Gasteiger partial charge in [0.15, 0.2) is 5.82 Å². The SMILES string of the molecule is Cc1cnc(-c2ccc(OC(=O)[C@@H](Cl)CC(C)C)cc2)nc1. The van der Waals surface area contributed by atoms with E-state index in [2.05, 4.69) is 9.97 Å². The Hall–Kier alpha value is -1.94. The molecule has 0 saturated heterocycles. The Bertz CT molecular complexity index is 624. The highest BCUT2D eigenvalue weighted by Gasteiger charge is 2.19. The van der Waals surface area contributed by atoms with Crippen molar-refractivity contribution in [2.45, 2.75) is 32.6 Å². The smallest absolute Gasteiger partial charge is 0.329 e. The summed E-state index contributed by atoms with van der Waals surface area (Å²) in [5, 5.41) is -0.625. The fraction of sp³-hybridized carbons (Fsp3) is 0.353. The van der Waals surface area contributed by atoms with Crippen molar-refractivity contribution in [3.8, 4) is 17.1 Å². The van der Waals surface area contributed by atoms with Gasteiger partial charge in [-0.1, -0.05) is 13.8 Å². The van der Waals surface area contributed by atoms with Gasteiger partial charge in [0.05, 0.1) is 0 Å². The molecule has 0 bridgehead atoms. The number of aromatic nitrogens is 2. The van der Waals surface area contributed by atoms with Crippen molar-refractivity contribution in [1.82, 2.24) is 9.97 Å². The maximum absolute atomic E-state index is 11.9. The third kappa shape index (κ3) is 4.53. The molecule has 5 heteroatoms. The Kier molecular flexibility index (Phi) is 5.50. The molecule has 0 aliphatic carbocycles. The summed E-state index contributed by atoms with van der Waals surface area (Å²) in [4.78, 5) is 20.4. The van der Waals surface area contributed by atoms with Gasteiger partial charge in [0, 0.05) is 18.0 Å². The average Bonchev–Trinajstić information content (AvgIpc) is 2.48. The lowest BCUT2D eigenvalue weighted by atomic mass is 10.1. The number of rotatable bonds is 5. The molecule has 0 N–H and O–H groups in total. The molecule has 2 aromatic rings. The van der Waals surface area contributed by atoms with Gasteiger partial charge in [-0.15, -0.1) is 11.6 Å². The van der Waals surface area contributed by atoms with Gasteiger partial charge in [0.25, 0.3) is 0 Å². The number of carbonyl (C=O) groups excluding carboxylic acids is 1. The van der Waals surface area contributed by atoms with Crippen molar-refractivity contribution in [3.05, 3.63) is 42.2 Å². The fourth-order valence-corrected chi connectivity index (χ4v) is 2.30. The van der Waals surface area contributed by atoms with Crippen LogP contribution in [0.5, 0.6) is 5.75 Å². The summed E-state index contributed by atoms with van der Waals surface area (Å²) in [6.45, 7) is 5.96. The molecule has 0 spiro atoms. The number of benzene rings is 1. The van der Waals surface area contributed by atoms with Gasteiger partial charge in [-0.3, -0.25) is 4.79 Å². The molecule has 1 aromatic carbocycles. The van der Waals surface area contributed by atoms with Crippen LogP contribution in [0, 0.1) is 12.8 Å². The molecule has 2 rings (SSSR count). The van der Waals surface area contributed by atoms with Crippen molar-refractivity contribution in [2.75, 3.05) is 0 Å². The summed E-state index contributed by atoms with van der Waals surface area (Å²) in [6, 6.07) is 7.07. The number of ether oxygens (including phenoxy) is 1. The van der Waals surface area contributed by atoms with Crippen molar-refractivity contribution < 1.29 is 9.53 Å². The number of esters is 1. The number of aryl methyl sites for hydroxylation is 1. The molecule has 0 saturated carbocycles. The first-order valence-corrected chi connectivity index (χ1v) is 7.64. The van der Waals surface area contributed by atoms with Gasteiger partial charge in [-0.25, -0.2) is 9.97 Å². The summed E-state index contributed by atoms with van der Waals surface area (Å²) in [5.74, 6) is 1.03. The lowest BCUT2D eigenvalue weighted by Crippen LogP contribution is -2.22. The Morgan fingerprint density at radius 1 is 1.18 bits per heavy atom. The molecule has 116 valence electrons. The fourth-order valence-electron chi connectivity index (χ4n) is 1.90. The van der Waals surface area contributed by atoms with Crippen LogP contribution in [0.3, 0.4) is 0 Å². The van der Waals surface area contributed by atoms with Crippen LogP contribution in [0.4, 0.5) is 0 Å².